The van der Waals surface area contributed by atoms with Gasteiger partial charge in [0.25, 0.3) is 0 Å². The van der Waals surface area contributed by atoms with Crippen molar-refractivity contribution >= 4 is 45.7 Å². The van der Waals surface area contributed by atoms with E-state index in [0.717, 1.165) is 47.8 Å². The Hall–Kier alpha value is -2.38. The fourth-order valence-corrected chi connectivity index (χ4v) is 4.86. The molecule has 0 aromatic heterocycles. The van der Waals surface area contributed by atoms with E-state index < -0.39 is 11.5 Å². The summed E-state index contributed by atoms with van der Waals surface area (Å²) in [6.45, 7) is 0. The van der Waals surface area contributed by atoms with E-state index in [1.165, 1.54) is 36.4 Å². The van der Waals surface area contributed by atoms with Crippen molar-refractivity contribution < 1.29 is 13.9 Å². The van der Waals surface area contributed by atoms with Crippen molar-refractivity contribution in [2.75, 3.05) is 18.2 Å². The zero-order chi connectivity index (χ0) is 21.8. The number of benzene rings is 2. The van der Waals surface area contributed by atoms with Gasteiger partial charge in [0.2, 0.25) is 5.91 Å². The van der Waals surface area contributed by atoms with E-state index in [2.05, 4.69) is 5.32 Å². The van der Waals surface area contributed by atoms with Gasteiger partial charge in [0, 0.05) is 11.3 Å². The molecule has 0 radical (unpaired) electrons. The van der Waals surface area contributed by atoms with Crippen LogP contribution >= 0.6 is 23.4 Å². The van der Waals surface area contributed by atoms with Crippen molar-refractivity contribution in [2.45, 2.75) is 37.8 Å². The summed E-state index contributed by atoms with van der Waals surface area (Å²) in [7, 11) is 1.63. The number of thioether (sulfide) groups is 1. The molecule has 2 aromatic rings. The number of carbonyl (C=O) groups excluding carboxylic acids is 1. The summed E-state index contributed by atoms with van der Waals surface area (Å²) in [6, 6.07) is 11.8. The molecule has 0 bridgehead atoms. The van der Waals surface area contributed by atoms with Crippen molar-refractivity contribution in [2.24, 2.45) is 9.98 Å². The summed E-state index contributed by atoms with van der Waals surface area (Å²) < 4.78 is 18.6. The fourth-order valence-electron chi connectivity index (χ4n) is 3.81. The van der Waals surface area contributed by atoms with Gasteiger partial charge in [-0.25, -0.2) is 9.38 Å². The van der Waals surface area contributed by atoms with Gasteiger partial charge >= 0.3 is 0 Å². The first kappa shape index (κ1) is 21.8. The quantitative estimate of drug-likeness (QED) is 0.621. The van der Waals surface area contributed by atoms with Crippen LogP contribution in [0.4, 0.5) is 10.1 Å². The number of aliphatic imine (C=N–C) groups is 2. The molecular weight excluding hydrogens is 437 g/mol. The van der Waals surface area contributed by atoms with Crippen LogP contribution in [0.25, 0.3) is 0 Å². The maximum absolute atomic E-state index is 13.3. The smallest absolute Gasteiger partial charge is 0.234 e. The van der Waals surface area contributed by atoms with Crippen LogP contribution in [-0.2, 0) is 4.79 Å². The van der Waals surface area contributed by atoms with Gasteiger partial charge in [0.05, 0.1) is 23.6 Å². The number of nitrogens with zero attached hydrogens (tertiary/aromatic N) is 2. The predicted molar refractivity (Wildman–Crippen MR) is 125 cm³/mol. The highest BCUT2D eigenvalue weighted by Crippen LogP contribution is 2.39. The third kappa shape index (κ3) is 5.10. The van der Waals surface area contributed by atoms with Gasteiger partial charge in [-0.05, 0) is 68.1 Å². The lowest BCUT2D eigenvalue weighted by Gasteiger charge is -2.27. The van der Waals surface area contributed by atoms with E-state index in [0.29, 0.717) is 5.69 Å². The number of halogens is 2. The number of amides is 1. The van der Waals surface area contributed by atoms with Gasteiger partial charge < -0.3 is 10.1 Å². The molecule has 1 fully saturated rings. The molecule has 1 amide bonds. The topological polar surface area (TPSA) is 63.1 Å². The maximum Gasteiger partial charge on any atom is 0.234 e. The number of hydrogen-bond acceptors (Lipinski definition) is 5. The van der Waals surface area contributed by atoms with E-state index in [1.54, 1.807) is 7.11 Å². The Morgan fingerprint density at radius 3 is 2.58 bits per heavy atom. The van der Waals surface area contributed by atoms with Gasteiger partial charge in [-0.2, -0.15) is 0 Å². The highest BCUT2D eigenvalue weighted by atomic mass is 35.5. The Morgan fingerprint density at radius 1 is 1.16 bits per heavy atom. The average molecular weight is 460 g/mol. The van der Waals surface area contributed by atoms with Crippen LogP contribution in [0, 0.1) is 5.82 Å². The number of methoxy groups -OCH3 is 1. The van der Waals surface area contributed by atoms with Gasteiger partial charge in [-0.1, -0.05) is 29.8 Å². The third-order valence-electron chi connectivity index (χ3n) is 5.39. The Balaban J connectivity index is 1.49. The normalized spacial score (nSPS) is 17.3. The van der Waals surface area contributed by atoms with Crippen LogP contribution in [0.15, 0.2) is 52.4 Å². The highest BCUT2D eigenvalue weighted by Gasteiger charge is 2.37. The minimum atomic E-state index is -0.521. The van der Waals surface area contributed by atoms with Gasteiger partial charge in [-0.3, -0.25) is 9.79 Å². The number of nitrogens with one attached hydrogen (secondary N) is 1. The molecule has 2 aliphatic rings. The molecule has 2 aromatic carbocycles. The molecule has 0 atom stereocenters. The summed E-state index contributed by atoms with van der Waals surface area (Å²) in [5, 5.41) is 3.50. The number of hydrogen-bond donors (Lipinski definition) is 1. The minimum Gasteiger partial charge on any atom is -0.497 e. The first-order chi connectivity index (χ1) is 15.0. The first-order valence-corrected chi connectivity index (χ1v) is 11.6. The lowest BCUT2D eigenvalue weighted by atomic mass is 9.90. The Morgan fingerprint density at radius 2 is 1.90 bits per heavy atom. The van der Waals surface area contributed by atoms with Crippen molar-refractivity contribution in [3.8, 4) is 5.75 Å². The van der Waals surface area contributed by atoms with E-state index in [1.807, 2.05) is 24.3 Å². The lowest BCUT2D eigenvalue weighted by Crippen LogP contribution is -2.25. The Kier molecular flexibility index (Phi) is 6.62. The van der Waals surface area contributed by atoms with Crippen LogP contribution in [-0.4, -0.2) is 35.2 Å². The molecule has 1 N–H and O–H groups in total. The fraction of sp³-hybridized carbons (Fsp3) is 0.348. The minimum absolute atomic E-state index is 0.0289. The highest BCUT2D eigenvalue weighted by molar-refractivity contribution is 8.16. The molecule has 5 nitrogen and oxygen atoms in total. The number of anilines is 1. The SMILES string of the molecule is COc1ccc(C2=NC3(CCCCC3)N=C2SCC(=O)Nc2ccc(F)c(Cl)c2)cc1. The summed E-state index contributed by atoms with van der Waals surface area (Å²) in [5.74, 6) is 0.207. The predicted octanol–water partition coefficient (Wildman–Crippen LogP) is 5.72. The van der Waals surface area contributed by atoms with E-state index >= 15 is 0 Å². The molecule has 0 unspecified atom stereocenters. The van der Waals surface area contributed by atoms with Gasteiger partial charge in [0.1, 0.15) is 16.6 Å². The number of ether oxygens (including phenoxy) is 1. The van der Waals surface area contributed by atoms with E-state index in [-0.39, 0.29) is 16.7 Å². The molecule has 1 aliphatic heterocycles. The number of carbonyl (C=O) groups is 1. The third-order valence-corrected chi connectivity index (χ3v) is 6.65. The molecule has 1 saturated carbocycles. The zero-order valence-corrected chi connectivity index (χ0v) is 18.7. The van der Waals surface area contributed by atoms with Crippen molar-refractivity contribution in [1.82, 2.24) is 0 Å². The van der Waals surface area contributed by atoms with Crippen LogP contribution in [0.1, 0.15) is 37.7 Å². The molecule has 4 rings (SSSR count). The summed E-state index contributed by atoms with van der Waals surface area (Å²) in [4.78, 5) is 22.5. The second kappa shape index (κ2) is 9.40. The van der Waals surface area contributed by atoms with Crippen molar-refractivity contribution in [3.63, 3.8) is 0 Å². The largest absolute Gasteiger partial charge is 0.497 e. The summed E-state index contributed by atoms with van der Waals surface area (Å²) in [6.07, 6.45) is 5.27. The molecule has 162 valence electrons. The molecule has 1 spiro atoms. The van der Waals surface area contributed by atoms with Crippen LogP contribution < -0.4 is 10.1 Å². The maximum atomic E-state index is 13.3. The van der Waals surface area contributed by atoms with Crippen LogP contribution in [0.2, 0.25) is 5.02 Å². The van der Waals surface area contributed by atoms with Crippen LogP contribution in [0.3, 0.4) is 0 Å². The molecule has 1 heterocycles. The Bertz CT molecular complexity index is 1030. The molecule has 8 heteroatoms. The summed E-state index contributed by atoms with van der Waals surface area (Å²) >= 11 is 7.16. The molecular formula is C23H23ClFN3O2S. The van der Waals surface area contributed by atoms with Crippen molar-refractivity contribution in [1.29, 1.82) is 0 Å². The van der Waals surface area contributed by atoms with Gasteiger partial charge in [-0.15, -0.1) is 0 Å². The molecule has 0 saturated heterocycles. The summed E-state index contributed by atoms with van der Waals surface area (Å²) in [5.41, 5.74) is 1.84. The Labute approximate surface area is 190 Å². The van der Waals surface area contributed by atoms with E-state index in [4.69, 9.17) is 26.3 Å². The first-order valence-electron chi connectivity index (χ1n) is 10.2. The van der Waals surface area contributed by atoms with Gasteiger partial charge in [0.15, 0.2) is 5.66 Å². The van der Waals surface area contributed by atoms with Crippen molar-refractivity contribution in [3.05, 3.63) is 58.9 Å². The second-order valence-electron chi connectivity index (χ2n) is 7.61. The van der Waals surface area contributed by atoms with E-state index in [9.17, 15) is 9.18 Å². The second-order valence-corrected chi connectivity index (χ2v) is 8.99. The average Bonchev–Trinajstić information content (AvgIpc) is 3.13. The zero-order valence-electron chi connectivity index (χ0n) is 17.2. The van der Waals surface area contributed by atoms with Crippen LogP contribution in [0.5, 0.6) is 5.75 Å². The molecule has 1 aliphatic carbocycles. The molecule has 31 heavy (non-hydrogen) atoms. The number of rotatable bonds is 5. The lowest BCUT2D eigenvalue weighted by molar-refractivity contribution is -0.113. The monoisotopic (exact) mass is 459 g/mol. The standard InChI is InChI=1S/C23H23ClFN3O2S/c1-30-17-8-5-15(6-9-17)21-22(28-23(27-21)11-3-2-4-12-23)31-14-20(29)26-16-7-10-19(25)18(24)13-16/h5-10,13H,2-4,11-12,14H2,1H3,(H,26,29).